The summed E-state index contributed by atoms with van der Waals surface area (Å²) in [5.74, 6) is 1.46. The second-order valence-electron chi connectivity index (χ2n) is 3.78. The largest absolute Gasteiger partial charge is 0.486 e. The molecule has 0 spiro atoms. The first-order valence-electron chi connectivity index (χ1n) is 5.11. The zero-order valence-electron chi connectivity index (χ0n) is 8.83. The molecule has 0 atom stereocenters. The van der Waals surface area contributed by atoms with Crippen LogP contribution in [0.5, 0.6) is 11.5 Å². The Bertz CT molecular complexity index is 607. The maximum atomic E-state index is 9.07. The van der Waals surface area contributed by atoms with Crippen LogP contribution in [0.2, 0.25) is 0 Å². The number of hydrogen-bond acceptors (Lipinski definition) is 3. The van der Waals surface area contributed by atoms with Gasteiger partial charge in [0, 0.05) is 17.1 Å². The van der Waals surface area contributed by atoms with Crippen molar-refractivity contribution in [2.45, 2.75) is 6.92 Å². The number of benzene rings is 1. The standard InChI is InChI=1S/C12H10N2O2/c1-7-9(6-13)8-4-11-12(5-10(8)14-7)16-3-2-15-11/h4-5,14H,2-3H2,1H3. The fourth-order valence-electron chi connectivity index (χ4n) is 2.01. The molecule has 1 aliphatic heterocycles. The number of aromatic amines is 1. The average molecular weight is 214 g/mol. The molecule has 2 aromatic rings. The van der Waals surface area contributed by atoms with E-state index in [-0.39, 0.29) is 0 Å². The van der Waals surface area contributed by atoms with Gasteiger partial charge in [-0.1, -0.05) is 0 Å². The molecule has 1 N–H and O–H groups in total. The van der Waals surface area contributed by atoms with Crippen LogP contribution in [0.3, 0.4) is 0 Å². The summed E-state index contributed by atoms with van der Waals surface area (Å²) in [6.45, 7) is 3.02. The van der Waals surface area contributed by atoms with Crippen LogP contribution in [0, 0.1) is 18.3 Å². The molecule has 2 heterocycles. The minimum absolute atomic E-state index is 0.559. The highest BCUT2D eigenvalue weighted by atomic mass is 16.6. The highest BCUT2D eigenvalue weighted by Gasteiger charge is 2.16. The van der Waals surface area contributed by atoms with Crippen LogP contribution in [0.1, 0.15) is 11.3 Å². The molecule has 0 amide bonds. The van der Waals surface area contributed by atoms with Gasteiger partial charge in [0.2, 0.25) is 0 Å². The van der Waals surface area contributed by atoms with Crippen LogP contribution in [0.4, 0.5) is 0 Å². The lowest BCUT2D eigenvalue weighted by Gasteiger charge is -2.18. The highest BCUT2D eigenvalue weighted by Crippen LogP contribution is 2.36. The lowest BCUT2D eigenvalue weighted by Crippen LogP contribution is -2.15. The first kappa shape index (κ1) is 9.10. The third-order valence-electron chi connectivity index (χ3n) is 2.76. The summed E-state index contributed by atoms with van der Waals surface area (Å²) in [5, 5.41) is 9.96. The minimum Gasteiger partial charge on any atom is -0.486 e. The molecule has 3 rings (SSSR count). The van der Waals surface area contributed by atoms with Crippen molar-refractivity contribution in [2.75, 3.05) is 13.2 Å². The van der Waals surface area contributed by atoms with Crippen molar-refractivity contribution in [3.8, 4) is 17.6 Å². The third kappa shape index (κ3) is 1.15. The number of nitrogens with one attached hydrogen (secondary N) is 1. The Kier molecular flexibility index (Phi) is 1.80. The topological polar surface area (TPSA) is 58.0 Å². The molecule has 0 radical (unpaired) electrons. The second kappa shape index (κ2) is 3.17. The van der Waals surface area contributed by atoms with E-state index in [0.29, 0.717) is 24.5 Å². The number of fused-ring (bicyclic) bond motifs is 2. The normalized spacial score (nSPS) is 13.8. The van der Waals surface area contributed by atoms with Crippen LogP contribution in [-0.4, -0.2) is 18.2 Å². The summed E-state index contributed by atoms with van der Waals surface area (Å²) < 4.78 is 11.0. The molecule has 0 aliphatic carbocycles. The zero-order chi connectivity index (χ0) is 11.1. The van der Waals surface area contributed by atoms with Gasteiger partial charge in [0.1, 0.15) is 19.3 Å². The van der Waals surface area contributed by atoms with Crippen LogP contribution in [0.25, 0.3) is 10.9 Å². The Morgan fingerprint density at radius 3 is 2.62 bits per heavy atom. The Morgan fingerprint density at radius 1 is 1.25 bits per heavy atom. The fourth-order valence-corrected chi connectivity index (χ4v) is 2.01. The average Bonchev–Trinajstić information content (AvgIpc) is 2.60. The van der Waals surface area contributed by atoms with E-state index in [2.05, 4.69) is 11.1 Å². The first-order valence-corrected chi connectivity index (χ1v) is 5.11. The third-order valence-corrected chi connectivity index (χ3v) is 2.76. The molecule has 0 unspecified atom stereocenters. The predicted molar refractivity (Wildman–Crippen MR) is 58.7 cm³/mol. The van der Waals surface area contributed by atoms with Crippen LogP contribution in [-0.2, 0) is 0 Å². The monoisotopic (exact) mass is 214 g/mol. The molecular weight excluding hydrogens is 204 g/mol. The van der Waals surface area contributed by atoms with Gasteiger partial charge in [0.05, 0.1) is 11.1 Å². The molecule has 0 fully saturated rings. The molecule has 0 saturated heterocycles. The lowest BCUT2D eigenvalue weighted by molar-refractivity contribution is 0.172. The smallest absolute Gasteiger partial charge is 0.163 e. The summed E-state index contributed by atoms with van der Waals surface area (Å²) in [7, 11) is 0. The maximum Gasteiger partial charge on any atom is 0.163 e. The predicted octanol–water partition coefficient (Wildman–Crippen LogP) is 2.12. The Hall–Kier alpha value is -2.15. The van der Waals surface area contributed by atoms with Crippen LogP contribution in [0.15, 0.2) is 12.1 Å². The van der Waals surface area contributed by atoms with Gasteiger partial charge in [0.15, 0.2) is 11.5 Å². The first-order chi connectivity index (χ1) is 7.79. The van der Waals surface area contributed by atoms with Gasteiger partial charge in [-0.2, -0.15) is 5.26 Å². The summed E-state index contributed by atoms with van der Waals surface area (Å²) in [4.78, 5) is 3.17. The van der Waals surface area contributed by atoms with Crippen molar-refractivity contribution >= 4 is 10.9 Å². The number of rotatable bonds is 0. The van der Waals surface area contributed by atoms with Gasteiger partial charge in [-0.05, 0) is 13.0 Å². The molecule has 1 aliphatic rings. The molecule has 16 heavy (non-hydrogen) atoms. The number of H-pyrrole nitrogens is 1. The number of aryl methyl sites for hydroxylation is 1. The quantitative estimate of drug-likeness (QED) is 0.730. The van der Waals surface area contributed by atoms with E-state index in [9.17, 15) is 0 Å². The summed E-state index contributed by atoms with van der Waals surface area (Å²) >= 11 is 0. The summed E-state index contributed by atoms with van der Waals surface area (Å²) in [6.07, 6.45) is 0. The molecule has 1 aromatic heterocycles. The van der Waals surface area contributed by atoms with Crippen molar-refractivity contribution < 1.29 is 9.47 Å². The summed E-state index contributed by atoms with van der Waals surface area (Å²) in [5.41, 5.74) is 2.46. The van der Waals surface area contributed by atoms with Gasteiger partial charge in [-0.15, -0.1) is 0 Å². The van der Waals surface area contributed by atoms with E-state index in [1.165, 1.54) is 0 Å². The van der Waals surface area contributed by atoms with E-state index in [1.807, 2.05) is 19.1 Å². The van der Waals surface area contributed by atoms with Crippen LogP contribution < -0.4 is 9.47 Å². The van der Waals surface area contributed by atoms with Crippen LogP contribution >= 0.6 is 0 Å². The molecule has 0 saturated carbocycles. The van der Waals surface area contributed by atoms with Crippen molar-refractivity contribution in [1.29, 1.82) is 5.26 Å². The minimum atomic E-state index is 0.559. The number of nitriles is 1. The maximum absolute atomic E-state index is 9.07. The van der Waals surface area contributed by atoms with E-state index in [0.717, 1.165) is 22.3 Å². The number of nitrogens with zero attached hydrogens (tertiary/aromatic N) is 1. The van der Waals surface area contributed by atoms with E-state index in [1.54, 1.807) is 0 Å². The van der Waals surface area contributed by atoms with Crippen molar-refractivity contribution in [1.82, 2.24) is 4.98 Å². The molecule has 1 aromatic carbocycles. The Morgan fingerprint density at radius 2 is 1.94 bits per heavy atom. The van der Waals surface area contributed by atoms with E-state index < -0.39 is 0 Å². The number of hydrogen-bond donors (Lipinski definition) is 1. The van der Waals surface area contributed by atoms with Gasteiger partial charge in [-0.25, -0.2) is 0 Å². The van der Waals surface area contributed by atoms with Gasteiger partial charge in [-0.3, -0.25) is 0 Å². The second-order valence-corrected chi connectivity index (χ2v) is 3.78. The Balaban J connectivity index is 2.32. The molecule has 4 heteroatoms. The Labute approximate surface area is 92.4 Å². The van der Waals surface area contributed by atoms with Gasteiger partial charge >= 0.3 is 0 Å². The van der Waals surface area contributed by atoms with E-state index >= 15 is 0 Å². The van der Waals surface area contributed by atoms with Crippen molar-refractivity contribution in [2.24, 2.45) is 0 Å². The van der Waals surface area contributed by atoms with Gasteiger partial charge in [0.25, 0.3) is 0 Å². The number of ether oxygens (including phenoxy) is 2. The van der Waals surface area contributed by atoms with E-state index in [4.69, 9.17) is 14.7 Å². The molecule has 4 nitrogen and oxygen atoms in total. The molecule has 0 bridgehead atoms. The van der Waals surface area contributed by atoms with Crippen molar-refractivity contribution in [3.63, 3.8) is 0 Å². The fraction of sp³-hybridized carbons (Fsp3) is 0.250. The van der Waals surface area contributed by atoms with Crippen molar-refractivity contribution in [3.05, 3.63) is 23.4 Å². The zero-order valence-corrected chi connectivity index (χ0v) is 8.83. The molecule has 80 valence electrons. The lowest BCUT2D eigenvalue weighted by atomic mass is 10.1. The highest BCUT2D eigenvalue weighted by molar-refractivity contribution is 5.90. The summed E-state index contributed by atoms with van der Waals surface area (Å²) in [6, 6.07) is 5.95. The van der Waals surface area contributed by atoms with Gasteiger partial charge < -0.3 is 14.5 Å². The molecular formula is C12H10N2O2. The number of aromatic nitrogens is 1. The SMILES string of the molecule is Cc1[nH]c2cc3c(cc2c1C#N)OCCO3.